The van der Waals surface area contributed by atoms with Crippen LogP contribution < -0.4 is 5.73 Å². The van der Waals surface area contributed by atoms with Gasteiger partial charge in [0.05, 0.1) is 12.1 Å². The minimum Gasteiger partial charge on any atom is -0.378 e. The summed E-state index contributed by atoms with van der Waals surface area (Å²) in [7, 11) is 0. The molecule has 1 saturated heterocycles. The van der Waals surface area contributed by atoms with Gasteiger partial charge in [-0.2, -0.15) is 4.98 Å². The van der Waals surface area contributed by atoms with Crippen LogP contribution in [0.25, 0.3) is 0 Å². The highest BCUT2D eigenvalue weighted by atomic mass is 16.5. The molecule has 2 N–H and O–H groups in total. The van der Waals surface area contributed by atoms with E-state index >= 15 is 0 Å². The second-order valence-corrected chi connectivity index (χ2v) is 5.12. The van der Waals surface area contributed by atoms with Gasteiger partial charge in [0.25, 0.3) is 0 Å². The minimum atomic E-state index is -0.152. The monoisotopic (exact) mass is 239 g/mol. The summed E-state index contributed by atoms with van der Waals surface area (Å²) in [5.74, 6) is 1.79. The van der Waals surface area contributed by atoms with E-state index in [1.165, 1.54) is 0 Å². The number of nitrogens with two attached hydrogens (primary N) is 1. The van der Waals surface area contributed by atoms with E-state index in [-0.39, 0.29) is 12.1 Å². The van der Waals surface area contributed by atoms with Crippen LogP contribution in [0.3, 0.4) is 0 Å². The summed E-state index contributed by atoms with van der Waals surface area (Å²) in [6.07, 6.45) is 4.06. The Morgan fingerprint density at radius 3 is 2.94 bits per heavy atom. The van der Waals surface area contributed by atoms with Crippen molar-refractivity contribution in [2.75, 3.05) is 6.61 Å². The zero-order valence-electron chi connectivity index (χ0n) is 10.6. The number of hydrogen-bond donors (Lipinski definition) is 1. The molecule has 1 fully saturated rings. The highest BCUT2D eigenvalue weighted by molar-refractivity contribution is 4.94. The Labute approximate surface area is 102 Å². The first-order valence-electron chi connectivity index (χ1n) is 6.35. The Morgan fingerprint density at radius 1 is 1.47 bits per heavy atom. The SMILES string of the molecule is CC(C)C[C@H](N)c1nc(C[C@@H]2CCCO2)no1. The van der Waals surface area contributed by atoms with Crippen molar-refractivity contribution in [1.29, 1.82) is 0 Å². The lowest BCUT2D eigenvalue weighted by Crippen LogP contribution is -2.14. The van der Waals surface area contributed by atoms with Gasteiger partial charge < -0.3 is 15.0 Å². The molecule has 0 bridgehead atoms. The van der Waals surface area contributed by atoms with Gasteiger partial charge >= 0.3 is 0 Å². The Hall–Kier alpha value is -0.940. The average molecular weight is 239 g/mol. The summed E-state index contributed by atoms with van der Waals surface area (Å²) in [4.78, 5) is 4.34. The first kappa shape index (κ1) is 12.5. The van der Waals surface area contributed by atoms with Gasteiger partial charge in [-0.1, -0.05) is 19.0 Å². The molecule has 0 aliphatic carbocycles. The third-order valence-electron chi connectivity index (χ3n) is 2.96. The summed E-state index contributed by atoms with van der Waals surface area (Å²) in [5.41, 5.74) is 5.99. The van der Waals surface area contributed by atoms with Crippen molar-refractivity contribution in [3.63, 3.8) is 0 Å². The van der Waals surface area contributed by atoms with Gasteiger partial charge in [-0.15, -0.1) is 0 Å². The van der Waals surface area contributed by atoms with Crippen molar-refractivity contribution in [2.24, 2.45) is 11.7 Å². The Bertz CT molecular complexity index is 345. The Morgan fingerprint density at radius 2 is 2.29 bits per heavy atom. The van der Waals surface area contributed by atoms with Crippen LogP contribution in [0.5, 0.6) is 0 Å². The van der Waals surface area contributed by atoms with Crippen molar-refractivity contribution in [2.45, 2.75) is 51.7 Å². The molecule has 96 valence electrons. The summed E-state index contributed by atoms with van der Waals surface area (Å²) >= 11 is 0. The number of aromatic nitrogens is 2. The van der Waals surface area contributed by atoms with E-state index < -0.39 is 0 Å². The van der Waals surface area contributed by atoms with Crippen molar-refractivity contribution in [3.8, 4) is 0 Å². The maximum absolute atomic E-state index is 5.99. The van der Waals surface area contributed by atoms with Gasteiger partial charge in [0.1, 0.15) is 0 Å². The largest absolute Gasteiger partial charge is 0.378 e. The maximum atomic E-state index is 5.99. The van der Waals surface area contributed by atoms with E-state index in [0.717, 1.165) is 32.3 Å². The standard InChI is InChI=1S/C12H21N3O2/c1-8(2)6-10(13)12-14-11(15-17-12)7-9-4-3-5-16-9/h8-10H,3-7,13H2,1-2H3/t9-,10-/m0/s1. The molecule has 1 aliphatic rings. The van der Waals surface area contributed by atoms with Crippen LogP contribution >= 0.6 is 0 Å². The molecule has 5 nitrogen and oxygen atoms in total. The molecule has 0 aromatic carbocycles. The molecule has 2 heterocycles. The van der Waals surface area contributed by atoms with E-state index in [4.69, 9.17) is 15.0 Å². The molecule has 0 amide bonds. The third kappa shape index (κ3) is 3.51. The molecule has 0 saturated carbocycles. The van der Waals surface area contributed by atoms with Crippen molar-refractivity contribution < 1.29 is 9.26 Å². The first-order valence-corrected chi connectivity index (χ1v) is 6.35. The fourth-order valence-corrected chi connectivity index (χ4v) is 2.12. The highest BCUT2D eigenvalue weighted by Gasteiger charge is 2.21. The van der Waals surface area contributed by atoms with Gasteiger partial charge in [-0.25, -0.2) is 0 Å². The lowest BCUT2D eigenvalue weighted by molar-refractivity contribution is 0.109. The molecule has 2 atom stereocenters. The van der Waals surface area contributed by atoms with Crippen LogP contribution in [0, 0.1) is 5.92 Å². The molecule has 1 aromatic rings. The van der Waals surface area contributed by atoms with E-state index in [1.807, 2.05) is 0 Å². The normalized spacial score (nSPS) is 22.2. The second-order valence-electron chi connectivity index (χ2n) is 5.12. The van der Waals surface area contributed by atoms with E-state index in [0.29, 0.717) is 17.6 Å². The molecule has 5 heteroatoms. The molecule has 17 heavy (non-hydrogen) atoms. The van der Waals surface area contributed by atoms with Gasteiger partial charge in [-0.05, 0) is 25.2 Å². The number of rotatable bonds is 5. The van der Waals surface area contributed by atoms with Gasteiger partial charge in [0, 0.05) is 13.0 Å². The van der Waals surface area contributed by atoms with Crippen LogP contribution in [-0.4, -0.2) is 22.9 Å². The zero-order chi connectivity index (χ0) is 12.3. The lowest BCUT2D eigenvalue weighted by Gasteiger charge is -2.08. The third-order valence-corrected chi connectivity index (χ3v) is 2.96. The lowest BCUT2D eigenvalue weighted by atomic mass is 10.0. The summed E-state index contributed by atoms with van der Waals surface area (Å²) in [6.45, 7) is 5.11. The average Bonchev–Trinajstić information content (AvgIpc) is 2.88. The van der Waals surface area contributed by atoms with Crippen LogP contribution in [0.4, 0.5) is 0 Å². The maximum Gasteiger partial charge on any atom is 0.243 e. The van der Waals surface area contributed by atoms with Crippen LogP contribution in [0.15, 0.2) is 4.52 Å². The van der Waals surface area contributed by atoms with Crippen LogP contribution in [0.1, 0.15) is 50.9 Å². The minimum absolute atomic E-state index is 0.152. The van der Waals surface area contributed by atoms with Crippen molar-refractivity contribution in [3.05, 3.63) is 11.7 Å². The van der Waals surface area contributed by atoms with Crippen molar-refractivity contribution in [1.82, 2.24) is 10.1 Å². The molecule has 0 spiro atoms. The summed E-state index contributed by atoms with van der Waals surface area (Å²) < 4.78 is 10.7. The molecule has 2 rings (SSSR count). The molecule has 0 radical (unpaired) electrons. The van der Waals surface area contributed by atoms with Crippen molar-refractivity contribution >= 4 is 0 Å². The molecular weight excluding hydrogens is 218 g/mol. The van der Waals surface area contributed by atoms with Gasteiger partial charge in [0.15, 0.2) is 5.82 Å². The number of ether oxygens (including phenoxy) is 1. The first-order chi connectivity index (χ1) is 8.15. The van der Waals surface area contributed by atoms with Gasteiger partial charge in [0.2, 0.25) is 5.89 Å². The predicted molar refractivity (Wildman–Crippen MR) is 63.4 cm³/mol. The van der Waals surface area contributed by atoms with Crippen LogP contribution in [0.2, 0.25) is 0 Å². The number of hydrogen-bond acceptors (Lipinski definition) is 5. The second kappa shape index (κ2) is 5.60. The summed E-state index contributed by atoms with van der Waals surface area (Å²) in [6, 6.07) is -0.152. The molecular formula is C12H21N3O2. The highest BCUT2D eigenvalue weighted by Crippen LogP contribution is 2.19. The fraction of sp³-hybridized carbons (Fsp3) is 0.833. The molecule has 0 unspecified atom stereocenters. The topological polar surface area (TPSA) is 74.2 Å². The quantitative estimate of drug-likeness (QED) is 0.848. The van der Waals surface area contributed by atoms with E-state index in [9.17, 15) is 0 Å². The molecule has 1 aliphatic heterocycles. The predicted octanol–water partition coefficient (Wildman–Crippen LogP) is 1.84. The summed E-state index contributed by atoms with van der Waals surface area (Å²) in [5, 5.41) is 3.96. The zero-order valence-corrected chi connectivity index (χ0v) is 10.6. The smallest absolute Gasteiger partial charge is 0.243 e. The van der Waals surface area contributed by atoms with Gasteiger partial charge in [-0.3, -0.25) is 0 Å². The van der Waals surface area contributed by atoms with Crippen LogP contribution in [-0.2, 0) is 11.2 Å². The number of nitrogens with zero attached hydrogens (tertiary/aromatic N) is 2. The van der Waals surface area contributed by atoms with E-state index in [2.05, 4.69) is 24.0 Å². The Balaban J connectivity index is 1.90. The fourth-order valence-electron chi connectivity index (χ4n) is 2.12. The Kier molecular flexibility index (Phi) is 4.12. The molecule has 1 aromatic heterocycles. The van der Waals surface area contributed by atoms with E-state index in [1.54, 1.807) is 0 Å².